The molecule has 6 heteroatoms. The smallest absolute Gasteiger partial charge is 0.307 e. The molecule has 1 saturated carbocycles. The minimum absolute atomic E-state index is 0.183. The van der Waals surface area contributed by atoms with Crippen LogP contribution >= 0.6 is 0 Å². The van der Waals surface area contributed by atoms with Crippen LogP contribution in [0.25, 0.3) is 0 Å². The van der Waals surface area contributed by atoms with Crippen molar-refractivity contribution < 1.29 is 19.1 Å². The van der Waals surface area contributed by atoms with Crippen LogP contribution in [0.15, 0.2) is 36.4 Å². The molecule has 1 aliphatic rings. The van der Waals surface area contributed by atoms with E-state index in [0.717, 1.165) is 24.2 Å². The van der Waals surface area contributed by atoms with Crippen LogP contribution in [-0.2, 0) is 16.0 Å². The van der Waals surface area contributed by atoms with Crippen LogP contribution in [0, 0.1) is 30.5 Å². The molecular formula is C27H35FN2O3. The van der Waals surface area contributed by atoms with Crippen molar-refractivity contribution in [1.29, 1.82) is 0 Å². The molecule has 1 aliphatic carbocycles. The lowest BCUT2D eigenvalue weighted by Gasteiger charge is -2.31. The summed E-state index contributed by atoms with van der Waals surface area (Å²) in [5.41, 5.74) is 3.58. The number of carboxylic acid groups (broad SMARTS) is 1. The first-order chi connectivity index (χ1) is 15.5. The number of amides is 1. The Hall–Kier alpha value is -2.89. The topological polar surface area (TPSA) is 69.6 Å². The SMILES string of the molecule is Cc1ccc(CC(=O)Nc2cc([C@@H]3C[C@@H]3C(=O)O)c(F)cc2N(CC(C)C)CC(C)C)cc1. The molecule has 0 saturated heterocycles. The van der Waals surface area contributed by atoms with E-state index in [1.54, 1.807) is 6.07 Å². The fourth-order valence-electron chi connectivity index (χ4n) is 4.28. The van der Waals surface area contributed by atoms with Gasteiger partial charge in [0.15, 0.2) is 0 Å². The van der Waals surface area contributed by atoms with Crippen LogP contribution in [0.3, 0.4) is 0 Å². The van der Waals surface area contributed by atoms with Gasteiger partial charge in [-0.2, -0.15) is 0 Å². The number of hydrogen-bond acceptors (Lipinski definition) is 3. The van der Waals surface area contributed by atoms with Gasteiger partial charge >= 0.3 is 5.97 Å². The zero-order chi connectivity index (χ0) is 24.3. The molecule has 2 aromatic carbocycles. The molecule has 0 heterocycles. The molecule has 2 N–H and O–H groups in total. The maximum atomic E-state index is 15.2. The molecule has 0 radical (unpaired) electrons. The molecule has 0 aromatic heterocycles. The van der Waals surface area contributed by atoms with E-state index in [4.69, 9.17) is 0 Å². The summed E-state index contributed by atoms with van der Waals surface area (Å²) in [5, 5.41) is 12.3. The molecule has 0 bridgehead atoms. The van der Waals surface area contributed by atoms with Gasteiger partial charge < -0.3 is 15.3 Å². The third-order valence-electron chi connectivity index (χ3n) is 5.89. The monoisotopic (exact) mass is 454 g/mol. The van der Waals surface area contributed by atoms with Crippen LogP contribution in [0.1, 0.15) is 56.7 Å². The van der Waals surface area contributed by atoms with Crippen LogP contribution < -0.4 is 10.2 Å². The Kier molecular flexibility index (Phi) is 7.77. The lowest BCUT2D eigenvalue weighted by Crippen LogP contribution is -2.32. The summed E-state index contributed by atoms with van der Waals surface area (Å²) in [6.07, 6.45) is 0.631. The summed E-state index contributed by atoms with van der Waals surface area (Å²) in [6.45, 7) is 11.9. The Morgan fingerprint density at radius 2 is 1.70 bits per heavy atom. The van der Waals surface area contributed by atoms with Crippen molar-refractivity contribution in [3.63, 3.8) is 0 Å². The molecule has 2 atom stereocenters. The fraction of sp³-hybridized carbons (Fsp3) is 0.481. The number of nitrogens with one attached hydrogen (secondary N) is 1. The lowest BCUT2D eigenvalue weighted by atomic mass is 10.0. The van der Waals surface area contributed by atoms with E-state index < -0.39 is 17.7 Å². The second kappa shape index (κ2) is 10.4. The van der Waals surface area contributed by atoms with Gasteiger partial charge in [0.1, 0.15) is 5.82 Å². The number of rotatable bonds is 10. The summed E-state index contributed by atoms with van der Waals surface area (Å²) in [6, 6.07) is 10.9. The highest BCUT2D eigenvalue weighted by Crippen LogP contribution is 2.50. The molecule has 0 spiro atoms. The second-order valence-corrected chi connectivity index (χ2v) is 10.1. The summed E-state index contributed by atoms with van der Waals surface area (Å²) in [7, 11) is 0. The summed E-state index contributed by atoms with van der Waals surface area (Å²) in [5.74, 6) is -1.72. The number of carbonyl (C=O) groups is 2. The Balaban J connectivity index is 1.94. The van der Waals surface area contributed by atoms with Crippen LogP contribution in [-0.4, -0.2) is 30.1 Å². The van der Waals surface area contributed by atoms with Crippen molar-refractivity contribution in [3.05, 3.63) is 58.9 Å². The van der Waals surface area contributed by atoms with E-state index in [1.165, 1.54) is 6.07 Å². The third-order valence-corrected chi connectivity index (χ3v) is 5.89. The van der Waals surface area contributed by atoms with Crippen molar-refractivity contribution in [2.75, 3.05) is 23.3 Å². The van der Waals surface area contributed by atoms with Gasteiger partial charge in [0.05, 0.1) is 23.7 Å². The molecule has 2 aromatic rings. The lowest BCUT2D eigenvalue weighted by molar-refractivity contribution is -0.138. The number of carboxylic acids is 1. The maximum absolute atomic E-state index is 15.2. The van der Waals surface area contributed by atoms with Crippen LogP contribution in [0.2, 0.25) is 0 Å². The number of hydrogen-bond donors (Lipinski definition) is 2. The molecule has 5 nitrogen and oxygen atoms in total. The number of carbonyl (C=O) groups excluding carboxylic acids is 1. The number of nitrogens with zero attached hydrogens (tertiary/aromatic N) is 1. The average Bonchev–Trinajstić information content (AvgIpc) is 3.50. The number of aliphatic carboxylic acids is 1. The molecule has 0 aliphatic heterocycles. The zero-order valence-electron chi connectivity index (χ0n) is 20.2. The minimum atomic E-state index is -0.908. The standard InChI is InChI=1S/C27H35FN2O3/c1-16(2)14-30(15-17(3)4)25-13-23(28)21(20-11-22(20)27(32)33)12-24(25)29-26(31)10-19-8-6-18(5)7-9-19/h6-9,12-13,16-17,20,22H,10-11,14-15H2,1-5H3,(H,29,31)(H,32,33)/t20-,22-/m0/s1. The van der Waals surface area contributed by atoms with Gasteiger partial charge in [-0.1, -0.05) is 57.5 Å². The van der Waals surface area contributed by atoms with Gasteiger partial charge in [-0.25, -0.2) is 4.39 Å². The van der Waals surface area contributed by atoms with Crippen LogP contribution in [0.5, 0.6) is 0 Å². The summed E-state index contributed by atoms with van der Waals surface area (Å²) in [4.78, 5) is 26.4. The molecule has 3 rings (SSSR count). The average molecular weight is 455 g/mol. The van der Waals surface area contributed by atoms with Crippen molar-refractivity contribution in [2.45, 2.75) is 53.4 Å². The van der Waals surface area contributed by atoms with E-state index in [2.05, 4.69) is 37.9 Å². The predicted octanol–water partition coefficient (Wildman–Crippen LogP) is 5.62. The first-order valence-electron chi connectivity index (χ1n) is 11.7. The first-order valence-corrected chi connectivity index (χ1v) is 11.7. The summed E-state index contributed by atoms with van der Waals surface area (Å²) < 4.78 is 15.2. The highest BCUT2D eigenvalue weighted by molar-refractivity contribution is 5.96. The van der Waals surface area contributed by atoms with Gasteiger partial charge in [-0.05, 0) is 48.4 Å². The highest BCUT2D eigenvalue weighted by Gasteiger charge is 2.45. The normalized spacial score (nSPS) is 17.3. The largest absolute Gasteiger partial charge is 0.481 e. The van der Waals surface area contributed by atoms with Crippen molar-refractivity contribution >= 4 is 23.3 Å². The quantitative estimate of drug-likeness (QED) is 0.489. The van der Waals surface area contributed by atoms with Crippen LogP contribution in [0.4, 0.5) is 15.8 Å². The van der Waals surface area contributed by atoms with Gasteiger partial charge in [0.2, 0.25) is 5.91 Å². The minimum Gasteiger partial charge on any atom is -0.481 e. The summed E-state index contributed by atoms with van der Waals surface area (Å²) >= 11 is 0. The van der Waals surface area contributed by atoms with Crippen molar-refractivity contribution in [2.24, 2.45) is 17.8 Å². The highest BCUT2D eigenvalue weighted by atomic mass is 19.1. The molecule has 1 amide bonds. The molecule has 33 heavy (non-hydrogen) atoms. The fourth-order valence-corrected chi connectivity index (χ4v) is 4.28. The number of benzene rings is 2. The van der Waals surface area contributed by atoms with Gasteiger partial charge in [-0.15, -0.1) is 0 Å². The number of halogens is 1. The van der Waals surface area contributed by atoms with E-state index in [0.29, 0.717) is 35.2 Å². The second-order valence-electron chi connectivity index (χ2n) is 10.1. The van der Waals surface area contributed by atoms with Crippen molar-refractivity contribution in [1.82, 2.24) is 0 Å². The van der Waals surface area contributed by atoms with E-state index in [-0.39, 0.29) is 18.2 Å². The zero-order valence-corrected chi connectivity index (χ0v) is 20.2. The molecule has 1 fully saturated rings. The first kappa shape index (κ1) is 24.7. The Morgan fingerprint density at radius 1 is 1.09 bits per heavy atom. The maximum Gasteiger partial charge on any atom is 0.307 e. The van der Waals surface area contributed by atoms with E-state index in [9.17, 15) is 14.7 Å². The third kappa shape index (κ3) is 6.56. The van der Waals surface area contributed by atoms with Gasteiger partial charge in [-0.3, -0.25) is 9.59 Å². The molecule has 178 valence electrons. The Labute approximate surface area is 196 Å². The number of aryl methyl sites for hydroxylation is 1. The van der Waals surface area contributed by atoms with E-state index in [1.807, 2.05) is 31.2 Å². The molecular weight excluding hydrogens is 419 g/mol. The number of anilines is 2. The Morgan fingerprint density at radius 3 is 2.21 bits per heavy atom. The van der Waals surface area contributed by atoms with E-state index >= 15 is 4.39 Å². The van der Waals surface area contributed by atoms with Gasteiger partial charge in [0.25, 0.3) is 0 Å². The van der Waals surface area contributed by atoms with Gasteiger partial charge in [0, 0.05) is 19.0 Å². The molecule has 0 unspecified atom stereocenters. The predicted molar refractivity (Wildman–Crippen MR) is 130 cm³/mol. The van der Waals surface area contributed by atoms with Crippen molar-refractivity contribution in [3.8, 4) is 0 Å². The Bertz CT molecular complexity index is 991.